The number of benzene rings is 4. The Hall–Kier alpha value is -4.00. The largest absolute Gasteiger partial charge is 0.508 e. The van der Waals surface area contributed by atoms with E-state index in [1.165, 1.54) is 41.9 Å². The lowest BCUT2D eigenvalue weighted by atomic mass is 9.75. The van der Waals surface area contributed by atoms with Crippen LogP contribution in [0.25, 0.3) is 0 Å². The van der Waals surface area contributed by atoms with E-state index in [-0.39, 0.29) is 23.5 Å². The first kappa shape index (κ1) is 32.2. The van der Waals surface area contributed by atoms with E-state index in [4.69, 9.17) is 12.6 Å². The molecule has 49 heavy (non-hydrogen) atoms. The topological polar surface area (TPSA) is 68.3 Å². The van der Waals surface area contributed by atoms with Crippen LogP contribution in [0.15, 0.2) is 72.8 Å². The molecule has 4 aromatic rings. The van der Waals surface area contributed by atoms with Gasteiger partial charge in [-0.3, -0.25) is 9.69 Å². The number of nitrogens with zero attached hydrogens (tertiary/aromatic N) is 3. The van der Waals surface area contributed by atoms with Crippen molar-refractivity contribution in [3.05, 3.63) is 106 Å². The number of ether oxygens (including phenoxy) is 1. The van der Waals surface area contributed by atoms with Gasteiger partial charge in [0, 0.05) is 92.8 Å². The highest BCUT2D eigenvalue weighted by molar-refractivity contribution is 7.28. The minimum Gasteiger partial charge on any atom is -0.508 e. The fourth-order valence-electron chi connectivity index (χ4n) is 8.38. The van der Waals surface area contributed by atoms with E-state index in [9.17, 15) is 9.90 Å². The predicted molar refractivity (Wildman–Crippen MR) is 202 cm³/mol. The molecule has 4 aromatic carbocycles. The van der Waals surface area contributed by atoms with Gasteiger partial charge in [0.15, 0.2) is 0 Å². The number of piperazine rings is 1. The number of carbonyl (C=O) groups is 1. The molecule has 8 rings (SSSR count). The van der Waals surface area contributed by atoms with E-state index in [2.05, 4.69) is 78.6 Å². The molecule has 9 heteroatoms. The second kappa shape index (κ2) is 13.4. The summed E-state index contributed by atoms with van der Waals surface area (Å²) < 4.78 is 6.21. The maximum Gasteiger partial charge on any atom is 0.251 e. The van der Waals surface area contributed by atoms with Crippen LogP contribution < -0.4 is 30.6 Å². The molecule has 0 aliphatic carbocycles. The first-order valence-corrected chi connectivity index (χ1v) is 18.2. The van der Waals surface area contributed by atoms with Gasteiger partial charge in [0.25, 0.3) is 5.91 Å². The fraction of sp³-hybridized carbons (Fsp3) is 0.375. The van der Waals surface area contributed by atoms with Gasteiger partial charge in [0.1, 0.15) is 19.3 Å². The molecule has 2 radical (unpaired) electrons. The minimum absolute atomic E-state index is 0.0421. The van der Waals surface area contributed by atoms with Crippen LogP contribution in [0.1, 0.15) is 62.9 Å². The van der Waals surface area contributed by atoms with Crippen LogP contribution in [0, 0.1) is 12.8 Å². The molecule has 4 aliphatic heterocycles. The third kappa shape index (κ3) is 6.42. The number of hydrogen-bond acceptors (Lipinski definition) is 6. The SMILES string of the molecule is [B]c1ccc(C2COc3cc(O)ccc3C2c2ccc(N3CCC(CN4CCN(c5cc6c(cc5P)C(=O)NC6)CC4)CC3)cc2)cc1C. The number of piperidine rings is 1. The third-order valence-electron chi connectivity index (χ3n) is 11.3. The number of nitrogens with one attached hydrogen (secondary N) is 1. The van der Waals surface area contributed by atoms with E-state index in [1.807, 2.05) is 18.2 Å². The summed E-state index contributed by atoms with van der Waals surface area (Å²) in [6.07, 6.45) is 2.41. The summed E-state index contributed by atoms with van der Waals surface area (Å²) >= 11 is 0. The zero-order valence-corrected chi connectivity index (χ0v) is 29.4. The van der Waals surface area contributed by atoms with Gasteiger partial charge in [0.05, 0.1) is 6.61 Å². The number of fused-ring (bicyclic) bond motifs is 2. The zero-order chi connectivity index (χ0) is 33.6. The Balaban J connectivity index is 0.892. The van der Waals surface area contributed by atoms with Gasteiger partial charge in [-0.15, -0.1) is 9.24 Å². The molecule has 0 spiro atoms. The van der Waals surface area contributed by atoms with Crippen LogP contribution in [0.3, 0.4) is 0 Å². The number of rotatable bonds is 6. The maximum atomic E-state index is 12.1. The lowest BCUT2D eigenvalue weighted by Crippen LogP contribution is -2.49. The summed E-state index contributed by atoms with van der Waals surface area (Å²) in [5.41, 5.74) is 9.92. The Morgan fingerprint density at radius 1 is 0.898 bits per heavy atom. The van der Waals surface area contributed by atoms with Gasteiger partial charge < -0.3 is 25.0 Å². The van der Waals surface area contributed by atoms with E-state index in [0.29, 0.717) is 13.2 Å². The summed E-state index contributed by atoms with van der Waals surface area (Å²) in [4.78, 5) is 19.7. The second-order valence-corrected chi connectivity index (χ2v) is 14.9. The predicted octanol–water partition coefficient (Wildman–Crippen LogP) is 4.58. The number of phenolic OH excluding ortho intramolecular Hbond substituents is 1. The smallest absolute Gasteiger partial charge is 0.251 e. The quantitative estimate of drug-likeness (QED) is 0.231. The molecule has 0 aromatic heterocycles. The number of aromatic hydroxyl groups is 1. The lowest BCUT2D eigenvalue weighted by molar-refractivity contribution is 0.0966. The molecule has 2 fully saturated rings. The Morgan fingerprint density at radius 2 is 1.65 bits per heavy atom. The molecule has 3 unspecified atom stereocenters. The monoisotopic (exact) mass is 670 g/mol. The number of phenols is 1. The van der Waals surface area contributed by atoms with Crippen molar-refractivity contribution in [3.8, 4) is 11.5 Å². The van der Waals surface area contributed by atoms with Crippen LogP contribution in [0.5, 0.6) is 11.5 Å². The normalized spacial score (nSPS) is 21.2. The molecule has 1 amide bonds. The summed E-state index contributed by atoms with van der Waals surface area (Å²) in [5.74, 6) is 1.99. The molecular formula is C40H44BN4O3P. The van der Waals surface area contributed by atoms with Gasteiger partial charge in [0.2, 0.25) is 0 Å². The molecule has 3 atom stereocenters. The average Bonchev–Trinajstić information content (AvgIpc) is 3.48. The van der Waals surface area contributed by atoms with Gasteiger partial charge in [-0.05, 0) is 78.0 Å². The van der Waals surface area contributed by atoms with E-state index in [1.54, 1.807) is 12.1 Å². The van der Waals surface area contributed by atoms with Gasteiger partial charge in [-0.25, -0.2) is 0 Å². The Bertz CT molecular complexity index is 1870. The standard InChI is InChI=1S/C40H44BN4O3P/c1-25-18-28(4-9-35(25)41)34-24-48-37-20-31(46)7-8-32(37)39(34)27-2-5-30(6-3-27)44-12-10-26(11-13-44)23-43-14-16-45(17-15-43)36-19-29-22-42-40(47)33(29)21-38(36)49/h2-9,18-21,26,34,39,46H,10-17,22-24,49H2,1H3,(H,42,47). The van der Waals surface area contributed by atoms with Crippen LogP contribution in [-0.4, -0.2) is 76.2 Å². The van der Waals surface area contributed by atoms with Crippen molar-refractivity contribution in [2.45, 2.75) is 38.1 Å². The van der Waals surface area contributed by atoms with Crippen molar-refractivity contribution in [2.24, 2.45) is 5.92 Å². The lowest BCUT2D eigenvalue weighted by Gasteiger charge is -2.40. The number of anilines is 2. The number of aryl methyl sites for hydroxylation is 1. The third-order valence-corrected chi connectivity index (χ3v) is 11.7. The molecule has 250 valence electrons. The summed E-state index contributed by atoms with van der Waals surface area (Å²) in [5, 5.41) is 14.2. The molecule has 0 saturated carbocycles. The zero-order valence-electron chi connectivity index (χ0n) is 28.2. The molecule has 7 nitrogen and oxygen atoms in total. The van der Waals surface area contributed by atoms with Crippen molar-refractivity contribution >= 4 is 45.1 Å². The average molecular weight is 671 g/mol. The number of amides is 1. The van der Waals surface area contributed by atoms with E-state index >= 15 is 0 Å². The maximum absolute atomic E-state index is 12.1. The minimum atomic E-state index is 0.0421. The number of carbonyl (C=O) groups excluding carboxylic acids is 1. The molecule has 2 N–H and O–H groups in total. The van der Waals surface area contributed by atoms with E-state index in [0.717, 1.165) is 84.0 Å². The Labute approximate surface area is 293 Å². The Kier molecular flexibility index (Phi) is 8.80. The van der Waals surface area contributed by atoms with Gasteiger partial charge >= 0.3 is 0 Å². The second-order valence-electron chi connectivity index (χ2n) is 14.3. The van der Waals surface area contributed by atoms with Crippen molar-refractivity contribution in [2.75, 3.05) is 62.2 Å². The summed E-state index contributed by atoms with van der Waals surface area (Å²) in [6.45, 7) is 10.7. The molecular weight excluding hydrogens is 626 g/mol. The van der Waals surface area contributed by atoms with Gasteiger partial charge in [-0.2, -0.15) is 0 Å². The highest BCUT2D eigenvalue weighted by atomic mass is 31.0. The molecule has 4 aliphatic rings. The van der Waals surface area contributed by atoms with Crippen LogP contribution >= 0.6 is 9.24 Å². The Morgan fingerprint density at radius 3 is 2.41 bits per heavy atom. The highest BCUT2D eigenvalue weighted by Crippen LogP contribution is 2.47. The van der Waals surface area contributed by atoms with Crippen LogP contribution in [0.2, 0.25) is 0 Å². The van der Waals surface area contributed by atoms with Crippen LogP contribution in [0.4, 0.5) is 11.4 Å². The first-order chi connectivity index (χ1) is 23.8. The molecule has 0 bridgehead atoms. The van der Waals surface area contributed by atoms with Crippen molar-refractivity contribution in [1.82, 2.24) is 10.2 Å². The first-order valence-electron chi connectivity index (χ1n) is 17.7. The van der Waals surface area contributed by atoms with Crippen LogP contribution in [-0.2, 0) is 6.54 Å². The van der Waals surface area contributed by atoms with E-state index < -0.39 is 0 Å². The van der Waals surface area contributed by atoms with Gasteiger partial charge in [-0.1, -0.05) is 47.4 Å². The van der Waals surface area contributed by atoms with Crippen molar-refractivity contribution < 1.29 is 14.6 Å². The molecule has 4 heterocycles. The highest BCUT2D eigenvalue weighted by Gasteiger charge is 2.34. The summed E-state index contributed by atoms with van der Waals surface area (Å²) in [7, 11) is 9.01. The summed E-state index contributed by atoms with van der Waals surface area (Å²) in [6, 6.07) is 25.2. The van der Waals surface area contributed by atoms with Crippen molar-refractivity contribution in [1.29, 1.82) is 0 Å². The molecule has 2 saturated heterocycles. The number of hydrogen-bond donors (Lipinski definition) is 2. The fourth-order valence-corrected chi connectivity index (χ4v) is 8.81. The van der Waals surface area contributed by atoms with Crippen molar-refractivity contribution in [3.63, 3.8) is 0 Å².